The molecule has 7 heteroatoms. The molecule has 17 heavy (non-hydrogen) atoms. The maximum Gasteiger partial charge on any atom is 0.294 e. The van der Waals surface area contributed by atoms with Crippen LogP contribution in [0, 0.1) is 15.9 Å². The molecule has 1 aromatic carbocycles. The van der Waals surface area contributed by atoms with E-state index in [4.69, 9.17) is 16.3 Å². The lowest BCUT2D eigenvalue weighted by Crippen LogP contribution is -2.19. The van der Waals surface area contributed by atoms with Crippen molar-refractivity contribution in [1.29, 1.82) is 0 Å². The average molecular weight is 261 g/mol. The van der Waals surface area contributed by atoms with Gasteiger partial charge in [0, 0.05) is 18.7 Å². The van der Waals surface area contributed by atoms with Gasteiger partial charge in [-0.15, -0.1) is 0 Å². The number of hydrogen-bond acceptors (Lipinski definition) is 4. The van der Waals surface area contributed by atoms with Crippen LogP contribution in [0.1, 0.15) is 6.42 Å². The molecule has 1 saturated heterocycles. The molecule has 1 fully saturated rings. The van der Waals surface area contributed by atoms with Gasteiger partial charge in [-0.2, -0.15) is 0 Å². The van der Waals surface area contributed by atoms with Crippen molar-refractivity contribution in [3.8, 4) is 0 Å². The van der Waals surface area contributed by atoms with Crippen molar-refractivity contribution in [3.63, 3.8) is 0 Å². The molecule has 0 amide bonds. The summed E-state index contributed by atoms with van der Waals surface area (Å²) in [6.07, 6.45) is 0.737. The van der Waals surface area contributed by atoms with E-state index < -0.39 is 10.7 Å². The summed E-state index contributed by atoms with van der Waals surface area (Å²) >= 11 is 5.51. The van der Waals surface area contributed by atoms with E-state index in [1.54, 1.807) is 0 Å². The highest BCUT2D eigenvalue weighted by Crippen LogP contribution is 2.31. The number of nitrogens with zero attached hydrogens (tertiary/aromatic N) is 1. The Bertz CT molecular complexity index is 449. The van der Waals surface area contributed by atoms with Crippen molar-refractivity contribution in [2.24, 2.45) is 0 Å². The summed E-state index contributed by atoms with van der Waals surface area (Å²) in [7, 11) is 0. The minimum atomic E-state index is -0.682. The number of rotatable bonds is 3. The van der Waals surface area contributed by atoms with Crippen molar-refractivity contribution < 1.29 is 14.1 Å². The van der Waals surface area contributed by atoms with Gasteiger partial charge in [-0.3, -0.25) is 10.1 Å². The molecule has 92 valence electrons. The van der Waals surface area contributed by atoms with Gasteiger partial charge in [-0.25, -0.2) is 4.39 Å². The molecule has 2 rings (SSSR count). The first-order chi connectivity index (χ1) is 8.08. The quantitative estimate of drug-likeness (QED) is 0.670. The molecule has 0 aromatic heterocycles. The summed E-state index contributed by atoms with van der Waals surface area (Å²) < 4.78 is 18.4. The number of anilines is 1. The topological polar surface area (TPSA) is 64.4 Å². The Morgan fingerprint density at radius 1 is 1.59 bits per heavy atom. The molecular weight excluding hydrogens is 251 g/mol. The number of hydrogen-bond donors (Lipinski definition) is 1. The maximum atomic E-state index is 13.3. The Hall–Kier alpha value is -1.40. The molecule has 1 aliphatic heterocycles. The SMILES string of the molecule is O=[N+]([O-])c1cc(Cl)c(F)cc1NC1CCOC1. The fourth-order valence-electron chi connectivity index (χ4n) is 1.67. The van der Waals surface area contributed by atoms with Gasteiger partial charge in [0.25, 0.3) is 5.69 Å². The minimum absolute atomic E-state index is 0.0331. The van der Waals surface area contributed by atoms with Gasteiger partial charge in [0.1, 0.15) is 11.5 Å². The lowest BCUT2D eigenvalue weighted by molar-refractivity contribution is -0.384. The molecule has 1 aliphatic rings. The number of nitro benzene ring substituents is 1. The van der Waals surface area contributed by atoms with Crippen molar-refractivity contribution in [1.82, 2.24) is 0 Å². The second-order valence-corrected chi connectivity index (χ2v) is 4.15. The highest BCUT2D eigenvalue weighted by Gasteiger charge is 2.22. The Labute approximate surface area is 102 Å². The van der Waals surface area contributed by atoms with E-state index in [0.717, 1.165) is 18.6 Å². The van der Waals surface area contributed by atoms with Crippen molar-refractivity contribution in [2.75, 3.05) is 18.5 Å². The summed E-state index contributed by atoms with van der Waals surface area (Å²) in [5, 5.41) is 13.4. The summed E-state index contributed by atoms with van der Waals surface area (Å²) in [5.74, 6) is -0.682. The lowest BCUT2D eigenvalue weighted by Gasteiger charge is -2.12. The number of nitrogens with one attached hydrogen (secondary N) is 1. The zero-order chi connectivity index (χ0) is 12.4. The van der Waals surface area contributed by atoms with Crippen LogP contribution < -0.4 is 5.32 Å². The molecular formula is C10H10ClFN2O3. The van der Waals surface area contributed by atoms with Gasteiger partial charge in [-0.05, 0) is 6.42 Å². The van der Waals surface area contributed by atoms with Gasteiger partial charge < -0.3 is 10.1 Å². The predicted molar refractivity (Wildman–Crippen MR) is 60.9 cm³/mol. The monoisotopic (exact) mass is 260 g/mol. The van der Waals surface area contributed by atoms with Crippen LogP contribution in [-0.4, -0.2) is 24.2 Å². The molecule has 5 nitrogen and oxygen atoms in total. The van der Waals surface area contributed by atoms with Crippen LogP contribution in [0.15, 0.2) is 12.1 Å². The van der Waals surface area contributed by atoms with Gasteiger partial charge in [0.15, 0.2) is 0 Å². The van der Waals surface area contributed by atoms with E-state index in [1.807, 2.05) is 0 Å². The molecule has 0 aliphatic carbocycles. The normalized spacial score (nSPS) is 19.3. The molecule has 0 bridgehead atoms. The van der Waals surface area contributed by atoms with E-state index in [-0.39, 0.29) is 22.4 Å². The van der Waals surface area contributed by atoms with Crippen LogP contribution in [0.5, 0.6) is 0 Å². The summed E-state index contributed by atoms with van der Waals surface area (Å²) in [4.78, 5) is 10.2. The Morgan fingerprint density at radius 3 is 2.94 bits per heavy atom. The van der Waals surface area contributed by atoms with E-state index in [0.29, 0.717) is 13.2 Å². The van der Waals surface area contributed by atoms with Crippen molar-refractivity contribution in [2.45, 2.75) is 12.5 Å². The number of nitro groups is 1. The van der Waals surface area contributed by atoms with E-state index >= 15 is 0 Å². The van der Waals surface area contributed by atoms with Gasteiger partial charge in [-0.1, -0.05) is 11.6 Å². The Kier molecular flexibility index (Phi) is 3.44. The first kappa shape index (κ1) is 12.1. The first-order valence-corrected chi connectivity index (χ1v) is 5.43. The first-order valence-electron chi connectivity index (χ1n) is 5.05. The smallest absolute Gasteiger partial charge is 0.294 e. The third-order valence-electron chi connectivity index (χ3n) is 2.52. The number of halogens is 2. The van der Waals surface area contributed by atoms with Crippen LogP contribution in [0.25, 0.3) is 0 Å². The zero-order valence-corrected chi connectivity index (χ0v) is 9.54. The highest BCUT2D eigenvalue weighted by molar-refractivity contribution is 6.31. The molecule has 1 unspecified atom stereocenters. The molecule has 1 aromatic rings. The summed E-state index contributed by atoms with van der Waals surface area (Å²) in [5.41, 5.74) is -0.101. The predicted octanol–water partition coefficient (Wildman–Crippen LogP) is 2.59. The van der Waals surface area contributed by atoms with Crippen LogP contribution in [-0.2, 0) is 4.74 Å². The second kappa shape index (κ2) is 4.85. The molecule has 0 saturated carbocycles. The van der Waals surface area contributed by atoms with E-state index in [1.165, 1.54) is 0 Å². The summed E-state index contributed by atoms with van der Waals surface area (Å²) in [6, 6.07) is 2.02. The highest BCUT2D eigenvalue weighted by atomic mass is 35.5. The molecule has 1 N–H and O–H groups in total. The van der Waals surface area contributed by atoms with Crippen LogP contribution in [0.4, 0.5) is 15.8 Å². The fourth-order valence-corrected chi connectivity index (χ4v) is 1.83. The van der Waals surface area contributed by atoms with Crippen molar-refractivity contribution in [3.05, 3.63) is 33.1 Å². The van der Waals surface area contributed by atoms with Crippen LogP contribution in [0.2, 0.25) is 5.02 Å². The minimum Gasteiger partial charge on any atom is -0.379 e. The molecule has 0 radical (unpaired) electrons. The van der Waals surface area contributed by atoms with E-state index in [9.17, 15) is 14.5 Å². The fraction of sp³-hybridized carbons (Fsp3) is 0.400. The van der Waals surface area contributed by atoms with Crippen molar-refractivity contribution >= 4 is 23.0 Å². The Morgan fingerprint density at radius 2 is 2.35 bits per heavy atom. The molecule has 1 heterocycles. The number of benzene rings is 1. The second-order valence-electron chi connectivity index (χ2n) is 3.75. The van der Waals surface area contributed by atoms with Gasteiger partial charge in [0.05, 0.1) is 22.6 Å². The largest absolute Gasteiger partial charge is 0.379 e. The third-order valence-corrected chi connectivity index (χ3v) is 2.81. The Balaban J connectivity index is 2.29. The standard InChI is InChI=1S/C10H10ClFN2O3/c11-7-3-10(14(15)16)9(4-8(7)12)13-6-1-2-17-5-6/h3-4,6,13H,1-2,5H2. The van der Waals surface area contributed by atoms with E-state index in [2.05, 4.69) is 5.32 Å². The summed E-state index contributed by atoms with van der Waals surface area (Å²) in [6.45, 7) is 1.06. The third kappa shape index (κ3) is 2.65. The zero-order valence-electron chi connectivity index (χ0n) is 8.78. The molecule has 0 spiro atoms. The maximum absolute atomic E-state index is 13.3. The molecule has 1 atom stereocenters. The van der Waals surface area contributed by atoms with Crippen LogP contribution >= 0.6 is 11.6 Å². The van der Waals surface area contributed by atoms with Gasteiger partial charge in [0.2, 0.25) is 0 Å². The lowest BCUT2D eigenvalue weighted by atomic mass is 10.2. The van der Waals surface area contributed by atoms with Crippen LogP contribution in [0.3, 0.4) is 0 Å². The number of ether oxygens (including phenoxy) is 1. The van der Waals surface area contributed by atoms with Gasteiger partial charge >= 0.3 is 0 Å². The average Bonchev–Trinajstić information content (AvgIpc) is 2.75.